The number of H-pyrrole nitrogens is 1. The van der Waals surface area contributed by atoms with Crippen LogP contribution in [0.1, 0.15) is 0 Å². The maximum atomic E-state index is 11.4. The molecule has 1 unspecified atom stereocenters. The normalized spacial score (nSPS) is 15.0. The van der Waals surface area contributed by atoms with Gasteiger partial charge in [0.1, 0.15) is 5.03 Å². The number of aromatic amines is 1. The van der Waals surface area contributed by atoms with Crippen LogP contribution >= 0.6 is 0 Å². The standard InChI is InChI=1S/C8H7NO4S2/c10-14(11)15(12,13)8-5-6-3-1-2-4-7(6)9-8/h1-5,9H,(H,12,13). The van der Waals surface area contributed by atoms with Gasteiger partial charge in [-0.05, 0) is 12.1 Å². The number of nitrogens with one attached hydrogen (secondary N) is 1. The van der Waals surface area contributed by atoms with Gasteiger partial charge in [0.2, 0.25) is 8.77 Å². The second kappa shape index (κ2) is 3.37. The van der Waals surface area contributed by atoms with Crippen molar-refractivity contribution in [1.29, 1.82) is 0 Å². The number of hydrogen-bond donors (Lipinski definition) is 2. The molecular formula is C8H7NO4S2. The van der Waals surface area contributed by atoms with Crippen LogP contribution in [0.3, 0.4) is 0 Å². The minimum atomic E-state index is -4.03. The molecule has 0 amide bonds. The predicted octanol–water partition coefficient (Wildman–Crippen LogP) is 1.08. The molecule has 0 radical (unpaired) electrons. The van der Waals surface area contributed by atoms with E-state index >= 15 is 0 Å². The Morgan fingerprint density at radius 1 is 1.27 bits per heavy atom. The summed E-state index contributed by atoms with van der Waals surface area (Å²) < 4.78 is 41.7. The Kier molecular flexibility index (Phi) is 2.29. The van der Waals surface area contributed by atoms with E-state index in [9.17, 15) is 17.2 Å². The van der Waals surface area contributed by atoms with Crippen LogP contribution in [0.5, 0.6) is 0 Å². The highest BCUT2D eigenvalue weighted by molar-refractivity contribution is 8.34. The molecule has 0 aliphatic rings. The fraction of sp³-hybridized carbons (Fsp3) is 0. The summed E-state index contributed by atoms with van der Waals surface area (Å²) in [6, 6.07) is 8.28. The van der Waals surface area contributed by atoms with Gasteiger partial charge in [-0.2, -0.15) is 8.42 Å². The molecule has 1 heterocycles. The highest BCUT2D eigenvalue weighted by atomic mass is 32.9. The van der Waals surface area contributed by atoms with Crippen LogP contribution in [0, 0.1) is 0 Å². The van der Waals surface area contributed by atoms with Gasteiger partial charge in [-0.15, -0.1) is 0 Å². The van der Waals surface area contributed by atoms with E-state index in [0.717, 1.165) is 0 Å². The number of benzene rings is 1. The van der Waals surface area contributed by atoms with Crippen molar-refractivity contribution in [3.63, 3.8) is 0 Å². The van der Waals surface area contributed by atoms with Crippen molar-refractivity contribution in [1.82, 2.24) is 4.98 Å². The number of rotatable bonds is 1. The molecule has 2 N–H and O–H groups in total. The third kappa shape index (κ3) is 1.65. The van der Waals surface area contributed by atoms with Gasteiger partial charge in [-0.1, -0.05) is 18.2 Å². The molecule has 1 atom stereocenters. The van der Waals surface area contributed by atoms with Crippen molar-refractivity contribution in [3.05, 3.63) is 30.3 Å². The molecule has 0 saturated heterocycles. The zero-order valence-electron chi connectivity index (χ0n) is 7.38. The first-order chi connectivity index (χ1) is 7.01. The minimum absolute atomic E-state index is 0.197. The van der Waals surface area contributed by atoms with Crippen LogP contribution in [-0.4, -0.2) is 22.2 Å². The first-order valence-electron chi connectivity index (χ1n) is 3.96. The lowest BCUT2D eigenvalue weighted by molar-refractivity contribution is 0.552. The fourth-order valence-corrected chi connectivity index (χ4v) is 2.63. The minimum Gasteiger partial charge on any atom is -0.345 e. The number of aromatic nitrogens is 1. The molecule has 0 saturated carbocycles. The summed E-state index contributed by atoms with van der Waals surface area (Å²) in [6.45, 7) is 0. The van der Waals surface area contributed by atoms with E-state index in [-0.39, 0.29) is 5.03 Å². The highest BCUT2D eigenvalue weighted by Gasteiger charge is 2.13. The van der Waals surface area contributed by atoms with Gasteiger partial charge in [-0.25, -0.2) is 4.21 Å². The Hall–Kier alpha value is -1.31. The maximum absolute atomic E-state index is 11.4. The van der Waals surface area contributed by atoms with Crippen LogP contribution in [-0.2, 0) is 18.0 Å². The SMILES string of the molecule is O=S(=O)=S(=O)(O)c1cc2ccccc2[nH]1. The quantitative estimate of drug-likeness (QED) is 0.787. The van der Waals surface area contributed by atoms with Gasteiger partial charge in [0.15, 0.2) is 0 Å². The molecule has 0 aliphatic carbocycles. The summed E-state index contributed by atoms with van der Waals surface area (Å²) in [7, 11) is -7.08. The highest BCUT2D eigenvalue weighted by Crippen LogP contribution is 2.18. The summed E-state index contributed by atoms with van der Waals surface area (Å²) >= 11 is 0. The van der Waals surface area contributed by atoms with Gasteiger partial charge in [0.05, 0.1) is 0 Å². The van der Waals surface area contributed by atoms with E-state index in [1.807, 2.05) is 0 Å². The molecule has 1 aromatic carbocycles. The molecular weight excluding hydrogens is 238 g/mol. The van der Waals surface area contributed by atoms with Gasteiger partial charge in [0.25, 0.3) is 9.26 Å². The average molecular weight is 245 g/mol. The largest absolute Gasteiger partial charge is 0.345 e. The lowest BCUT2D eigenvalue weighted by Gasteiger charge is -1.91. The third-order valence-corrected chi connectivity index (χ3v) is 4.76. The molecule has 7 heteroatoms. The molecule has 0 spiro atoms. The van der Waals surface area contributed by atoms with Gasteiger partial charge >= 0.3 is 0 Å². The van der Waals surface area contributed by atoms with E-state index in [1.165, 1.54) is 6.07 Å². The van der Waals surface area contributed by atoms with Crippen molar-refractivity contribution in [2.45, 2.75) is 5.03 Å². The van der Waals surface area contributed by atoms with Crippen molar-refractivity contribution in [2.24, 2.45) is 0 Å². The molecule has 5 nitrogen and oxygen atoms in total. The topological polar surface area (TPSA) is 87.2 Å². The Balaban J connectivity index is 2.88. The zero-order chi connectivity index (χ0) is 11.1. The summed E-state index contributed by atoms with van der Waals surface area (Å²) in [4.78, 5) is 2.60. The molecule has 80 valence electrons. The molecule has 1 aromatic heterocycles. The number of para-hydroxylation sites is 1. The molecule has 0 bridgehead atoms. The third-order valence-electron chi connectivity index (χ3n) is 1.97. The lowest BCUT2D eigenvalue weighted by atomic mass is 10.3. The molecule has 0 aliphatic heterocycles. The van der Waals surface area contributed by atoms with Crippen LogP contribution < -0.4 is 0 Å². The lowest BCUT2D eigenvalue weighted by Crippen LogP contribution is -1.99. The number of hydrogen-bond acceptors (Lipinski definition) is 3. The van der Waals surface area contributed by atoms with Crippen LogP contribution in [0.25, 0.3) is 10.9 Å². The van der Waals surface area contributed by atoms with Crippen LogP contribution in [0.2, 0.25) is 0 Å². The predicted molar refractivity (Wildman–Crippen MR) is 56.3 cm³/mol. The molecule has 0 fully saturated rings. The van der Waals surface area contributed by atoms with E-state index in [1.54, 1.807) is 24.3 Å². The smallest absolute Gasteiger partial charge is 0.299 e. The second-order valence-electron chi connectivity index (χ2n) is 2.90. The van der Waals surface area contributed by atoms with Gasteiger partial charge in [-0.3, -0.25) is 4.55 Å². The first-order valence-corrected chi connectivity index (χ1v) is 7.06. The maximum Gasteiger partial charge on any atom is 0.299 e. The Bertz CT molecular complexity index is 694. The molecule has 2 aromatic rings. The van der Waals surface area contributed by atoms with Gasteiger partial charge in [0, 0.05) is 10.9 Å². The van der Waals surface area contributed by atoms with Gasteiger partial charge < -0.3 is 4.98 Å². The van der Waals surface area contributed by atoms with Crippen LogP contribution in [0.15, 0.2) is 35.4 Å². The Morgan fingerprint density at radius 2 is 1.93 bits per heavy atom. The second-order valence-corrected chi connectivity index (χ2v) is 6.87. The zero-order valence-corrected chi connectivity index (χ0v) is 9.01. The fourth-order valence-electron chi connectivity index (χ4n) is 1.26. The van der Waals surface area contributed by atoms with E-state index < -0.39 is 18.0 Å². The summed E-state index contributed by atoms with van der Waals surface area (Å²) in [5.41, 5.74) is 0.625. The Labute approximate surface area is 86.8 Å². The Morgan fingerprint density at radius 3 is 2.53 bits per heavy atom. The molecule has 2 rings (SSSR count). The first kappa shape index (κ1) is 10.2. The van der Waals surface area contributed by atoms with Crippen molar-refractivity contribution in [3.8, 4) is 0 Å². The van der Waals surface area contributed by atoms with E-state index in [2.05, 4.69) is 4.98 Å². The summed E-state index contributed by atoms with van der Waals surface area (Å²) in [6.07, 6.45) is 0. The van der Waals surface area contributed by atoms with E-state index in [4.69, 9.17) is 0 Å². The monoisotopic (exact) mass is 245 g/mol. The van der Waals surface area contributed by atoms with E-state index in [0.29, 0.717) is 10.9 Å². The summed E-state index contributed by atoms with van der Waals surface area (Å²) in [5.74, 6) is 0. The van der Waals surface area contributed by atoms with Crippen LogP contribution in [0.4, 0.5) is 0 Å². The number of fused-ring (bicyclic) bond motifs is 1. The average Bonchev–Trinajstić information content (AvgIpc) is 2.61. The summed E-state index contributed by atoms with van der Waals surface area (Å²) in [5, 5.41) is 0.497. The van der Waals surface area contributed by atoms with Crippen molar-refractivity contribution >= 4 is 28.9 Å². The van der Waals surface area contributed by atoms with Crippen molar-refractivity contribution < 1.29 is 17.2 Å². The van der Waals surface area contributed by atoms with Crippen molar-refractivity contribution in [2.75, 3.05) is 0 Å². The molecule has 15 heavy (non-hydrogen) atoms.